The average molecular weight is 242 g/mol. The zero-order valence-corrected chi connectivity index (χ0v) is 10.5. The second-order valence-electron chi connectivity index (χ2n) is 4.73. The molecule has 2 fully saturated rings. The van der Waals surface area contributed by atoms with Gasteiger partial charge >= 0.3 is 0 Å². The van der Waals surface area contributed by atoms with Gasteiger partial charge in [-0.2, -0.15) is 0 Å². The standard InChI is InChI=1S/C11H18N2O2S/c1-7-5-13(6-8(2)15-7)11(16)12-10(14)9-3-4-9/h7-9H,3-6H2,1-2H3,(H,12,14,16)/t7-,8-/m0/s1. The summed E-state index contributed by atoms with van der Waals surface area (Å²) in [5.41, 5.74) is 0. The van der Waals surface area contributed by atoms with Crippen molar-refractivity contribution in [3.63, 3.8) is 0 Å². The van der Waals surface area contributed by atoms with Gasteiger partial charge in [0.2, 0.25) is 5.91 Å². The summed E-state index contributed by atoms with van der Waals surface area (Å²) >= 11 is 5.24. The van der Waals surface area contributed by atoms with Crippen molar-refractivity contribution in [2.24, 2.45) is 5.92 Å². The maximum Gasteiger partial charge on any atom is 0.229 e. The first-order valence-corrected chi connectivity index (χ1v) is 6.22. The molecule has 16 heavy (non-hydrogen) atoms. The zero-order chi connectivity index (χ0) is 11.7. The molecule has 0 unspecified atom stereocenters. The summed E-state index contributed by atoms with van der Waals surface area (Å²) in [5.74, 6) is 0.283. The summed E-state index contributed by atoms with van der Waals surface area (Å²) in [6.45, 7) is 5.56. The van der Waals surface area contributed by atoms with E-state index in [1.54, 1.807) is 0 Å². The summed E-state index contributed by atoms with van der Waals surface area (Å²) in [7, 11) is 0. The molecule has 0 radical (unpaired) electrons. The Hall–Kier alpha value is -0.680. The predicted molar refractivity (Wildman–Crippen MR) is 65.0 cm³/mol. The highest BCUT2D eigenvalue weighted by Gasteiger charge is 2.32. The summed E-state index contributed by atoms with van der Waals surface area (Å²) in [4.78, 5) is 13.6. The quantitative estimate of drug-likeness (QED) is 0.694. The molecule has 0 aromatic rings. The van der Waals surface area contributed by atoms with Crippen molar-refractivity contribution in [1.82, 2.24) is 10.2 Å². The van der Waals surface area contributed by atoms with Crippen LogP contribution in [0.15, 0.2) is 0 Å². The highest BCUT2D eigenvalue weighted by Crippen LogP contribution is 2.28. The van der Waals surface area contributed by atoms with Gasteiger partial charge in [-0.25, -0.2) is 0 Å². The lowest BCUT2D eigenvalue weighted by atomic mass is 10.2. The summed E-state index contributed by atoms with van der Waals surface area (Å²) in [6, 6.07) is 0. The molecule has 0 aromatic carbocycles. The van der Waals surface area contributed by atoms with Crippen LogP contribution < -0.4 is 5.32 Å². The lowest BCUT2D eigenvalue weighted by Gasteiger charge is -2.36. The van der Waals surface area contributed by atoms with Crippen molar-refractivity contribution in [2.45, 2.75) is 38.9 Å². The van der Waals surface area contributed by atoms with E-state index >= 15 is 0 Å². The number of nitrogens with zero attached hydrogens (tertiary/aromatic N) is 1. The first kappa shape index (κ1) is 11.8. The van der Waals surface area contributed by atoms with Gasteiger partial charge in [0.05, 0.1) is 12.2 Å². The third-order valence-corrected chi connectivity index (χ3v) is 3.25. The number of nitrogens with one attached hydrogen (secondary N) is 1. The molecule has 5 heteroatoms. The molecule has 1 heterocycles. The van der Waals surface area contributed by atoms with Crippen molar-refractivity contribution in [1.29, 1.82) is 0 Å². The lowest BCUT2D eigenvalue weighted by molar-refractivity contribution is -0.121. The first-order chi connectivity index (χ1) is 7.56. The monoisotopic (exact) mass is 242 g/mol. The number of amides is 1. The fraction of sp³-hybridized carbons (Fsp3) is 0.818. The van der Waals surface area contributed by atoms with Crippen LogP contribution >= 0.6 is 12.2 Å². The Labute approximate surface area is 101 Å². The van der Waals surface area contributed by atoms with Crippen LogP contribution in [0.2, 0.25) is 0 Å². The van der Waals surface area contributed by atoms with Gasteiger partial charge in [-0.05, 0) is 38.9 Å². The Morgan fingerprint density at radius 3 is 2.38 bits per heavy atom. The van der Waals surface area contributed by atoms with Crippen molar-refractivity contribution in [3.05, 3.63) is 0 Å². The summed E-state index contributed by atoms with van der Waals surface area (Å²) < 4.78 is 5.62. The third-order valence-electron chi connectivity index (χ3n) is 2.89. The smallest absolute Gasteiger partial charge is 0.229 e. The van der Waals surface area contributed by atoms with Gasteiger partial charge in [0.1, 0.15) is 0 Å². The Kier molecular flexibility index (Phi) is 3.44. The van der Waals surface area contributed by atoms with Crippen LogP contribution in [0.25, 0.3) is 0 Å². The zero-order valence-electron chi connectivity index (χ0n) is 9.73. The second kappa shape index (κ2) is 4.67. The van der Waals surface area contributed by atoms with Gasteiger partial charge in [-0.3, -0.25) is 4.79 Å². The number of carbonyl (C=O) groups excluding carboxylic acids is 1. The normalized spacial score (nSPS) is 30.0. The van der Waals surface area contributed by atoms with E-state index in [0.717, 1.165) is 25.9 Å². The maximum absolute atomic E-state index is 11.6. The minimum absolute atomic E-state index is 0.0804. The average Bonchev–Trinajstić information content (AvgIpc) is 2.98. The molecular formula is C11H18N2O2S. The van der Waals surface area contributed by atoms with Gasteiger partial charge < -0.3 is 15.0 Å². The molecule has 1 aliphatic heterocycles. The van der Waals surface area contributed by atoms with Gasteiger partial charge in [0.25, 0.3) is 0 Å². The first-order valence-electron chi connectivity index (χ1n) is 5.81. The number of hydrogen-bond acceptors (Lipinski definition) is 3. The molecule has 1 aliphatic carbocycles. The van der Waals surface area contributed by atoms with Crippen LogP contribution in [-0.2, 0) is 9.53 Å². The molecule has 2 rings (SSSR count). The Bertz CT molecular complexity index is 294. The van der Waals surface area contributed by atoms with Crippen molar-refractivity contribution in [3.8, 4) is 0 Å². The van der Waals surface area contributed by atoms with E-state index in [4.69, 9.17) is 17.0 Å². The Balaban J connectivity index is 1.85. The van der Waals surface area contributed by atoms with Crippen LogP contribution in [0.4, 0.5) is 0 Å². The molecule has 4 nitrogen and oxygen atoms in total. The number of rotatable bonds is 1. The van der Waals surface area contributed by atoms with Crippen LogP contribution in [0.3, 0.4) is 0 Å². The van der Waals surface area contributed by atoms with Gasteiger partial charge in [0.15, 0.2) is 5.11 Å². The summed E-state index contributed by atoms with van der Waals surface area (Å²) in [5, 5.41) is 3.37. The van der Waals surface area contributed by atoms with Crippen LogP contribution in [0, 0.1) is 5.92 Å². The predicted octanol–water partition coefficient (Wildman–Crippen LogP) is 0.907. The number of thiocarbonyl (C=S) groups is 1. The van der Waals surface area contributed by atoms with Crippen LogP contribution in [0.5, 0.6) is 0 Å². The molecule has 1 amide bonds. The molecule has 90 valence electrons. The van der Waals surface area contributed by atoms with Gasteiger partial charge in [-0.1, -0.05) is 0 Å². The number of ether oxygens (including phenoxy) is 1. The third kappa shape index (κ3) is 2.92. The molecular weight excluding hydrogens is 224 g/mol. The maximum atomic E-state index is 11.6. The molecule has 1 saturated carbocycles. The van der Waals surface area contributed by atoms with Crippen LogP contribution in [0.1, 0.15) is 26.7 Å². The number of hydrogen-bond donors (Lipinski definition) is 1. The van der Waals surface area contributed by atoms with E-state index in [1.165, 1.54) is 0 Å². The van der Waals surface area contributed by atoms with E-state index in [2.05, 4.69) is 5.32 Å². The van der Waals surface area contributed by atoms with E-state index < -0.39 is 0 Å². The van der Waals surface area contributed by atoms with Crippen molar-refractivity contribution >= 4 is 23.2 Å². The Morgan fingerprint density at radius 1 is 1.31 bits per heavy atom. The molecule has 2 aliphatic rings. The van der Waals surface area contributed by atoms with E-state index in [9.17, 15) is 4.79 Å². The summed E-state index contributed by atoms with van der Waals surface area (Å²) in [6.07, 6.45) is 2.34. The minimum Gasteiger partial charge on any atom is -0.372 e. The minimum atomic E-state index is 0.0804. The number of carbonyl (C=O) groups is 1. The SMILES string of the molecule is C[C@H]1CN(C(=S)NC(=O)C2CC2)C[C@H](C)O1. The largest absolute Gasteiger partial charge is 0.372 e. The fourth-order valence-electron chi connectivity index (χ4n) is 1.98. The van der Waals surface area contributed by atoms with Gasteiger partial charge in [0, 0.05) is 19.0 Å². The fourth-order valence-corrected chi connectivity index (χ4v) is 2.23. The molecule has 2 atom stereocenters. The molecule has 0 bridgehead atoms. The molecule has 1 saturated heterocycles. The number of morpholine rings is 1. The van der Waals surface area contributed by atoms with Gasteiger partial charge in [-0.15, -0.1) is 0 Å². The van der Waals surface area contributed by atoms with Crippen LogP contribution in [-0.4, -0.2) is 41.2 Å². The Morgan fingerprint density at radius 2 is 1.88 bits per heavy atom. The van der Waals surface area contributed by atoms with E-state index in [-0.39, 0.29) is 24.0 Å². The van der Waals surface area contributed by atoms with Crippen molar-refractivity contribution < 1.29 is 9.53 Å². The second-order valence-corrected chi connectivity index (χ2v) is 5.12. The molecule has 1 N–H and O–H groups in total. The highest BCUT2D eigenvalue weighted by molar-refractivity contribution is 7.80. The van der Waals surface area contributed by atoms with E-state index in [0.29, 0.717) is 5.11 Å². The topological polar surface area (TPSA) is 41.6 Å². The lowest BCUT2D eigenvalue weighted by Crippen LogP contribution is -2.52. The van der Waals surface area contributed by atoms with E-state index in [1.807, 2.05) is 18.7 Å². The highest BCUT2D eigenvalue weighted by atomic mass is 32.1. The van der Waals surface area contributed by atoms with Crippen molar-refractivity contribution in [2.75, 3.05) is 13.1 Å². The molecule has 0 spiro atoms. The molecule has 0 aromatic heterocycles.